The van der Waals surface area contributed by atoms with Gasteiger partial charge in [0.15, 0.2) is 5.76 Å². The van der Waals surface area contributed by atoms with Crippen LogP contribution in [-0.4, -0.2) is 79.5 Å². The molecule has 0 bridgehead atoms. The van der Waals surface area contributed by atoms with Gasteiger partial charge in [-0.15, -0.1) is 0 Å². The predicted molar refractivity (Wildman–Crippen MR) is 109 cm³/mol. The van der Waals surface area contributed by atoms with E-state index in [1.807, 2.05) is 24.3 Å². The number of benzene rings is 1. The summed E-state index contributed by atoms with van der Waals surface area (Å²) in [6.07, 6.45) is 0. The van der Waals surface area contributed by atoms with Crippen LogP contribution in [0.1, 0.15) is 17.0 Å². The molecule has 162 valence electrons. The first-order valence-corrected chi connectivity index (χ1v) is 11.4. The van der Waals surface area contributed by atoms with Gasteiger partial charge in [-0.2, -0.15) is 4.31 Å². The first-order chi connectivity index (χ1) is 14.4. The minimum absolute atomic E-state index is 0.00349. The maximum atomic E-state index is 12.9. The Morgan fingerprint density at radius 2 is 1.83 bits per heavy atom. The second-order valence-corrected chi connectivity index (χ2v) is 9.48. The molecule has 0 radical (unpaired) electrons. The Morgan fingerprint density at radius 1 is 1.10 bits per heavy atom. The number of fused-ring (bicyclic) bond motifs is 1. The maximum Gasteiger partial charge on any atom is 0.248 e. The van der Waals surface area contributed by atoms with Crippen molar-refractivity contribution in [3.8, 4) is 5.75 Å². The Balaban J connectivity index is 1.36. The normalized spacial score (nSPS) is 18.5. The fourth-order valence-electron chi connectivity index (χ4n) is 3.96. The van der Waals surface area contributed by atoms with Crippen molar-refractivity contribution < 1.29 is 22.5 Å². The predicted octanol–water partition coefficient (Wildman–Crippen LogP) is 1.02. The van der Waals surface area contributed by atoms with Crippen molar-refractivity contribution in [2.75, 3.05) is 45.9 Å². The molecule has 1 fully saturated rings. The number of hydrogen-bond acceptors (Lipinski definition) is 7. The molecule has 0 unspecified atom stereocenters. The SMILES string of the molecule is Cc1noc(C)c1S(=O)(=O)N1CCN(C(=O)CN2CCOc3ccccc3C2)CC1. The molecule has 30 heavy (non-hydrogen) atoms. The number of amides is 1. The van der Waals surface area contributed by atoms with Crippen molar-refractivity contribution in [1.29, 1.82) is 0 Å². The van der Waals surface area contributed by atoms with E-state index in [9.17, 15) is 13.2 Å². The van der Waals surface area contributed by atoms with Crippen molar-refractivity contribution in [2.45, 2.75) is 25.3 Å². The number of piperazine rings is 1. The zero-order valence-corrected chi connectivity index (χ0v) is 18.0. The molecule has 2 aromatic rings. The summed E-state index contributed by atoms with van der Waals surface area (Å²) >= 11 is 0. The van der Waals surface area contributed by atoms with Gasteiger partial charge >= 0.3 is 0 Å². The fraction of sp³-hybridized carbons (Fsp3) is 0.500. The number of ether oxygens (including phenoxy) is 1. The molecule has 9 nitrogen and oxygen atoms in total. The lowest BCUT2D eigenvalue weighted by Gasteiger charge is -2.35. The molecule has 0 saturated carbocycles. The molecule has 10 heteroatoms. The number of sulfonamides is 1. The van der Waals surface area contributed by atoms with Gasteiger partial charge in [0.1, 0.15) is 22.9 Å². The summed E-state index contributed by atoms with van der Waals surface area (Å²) in [5, 5.41) is 3.75. The van der Waals surface area contributed by atoms with Crippen LogP contribution in [0.15, 0.2) is 33.7 Å². The summed E-state index contributed by atoms with van der Waals surface area (Å²) in [4.78, 5) is 16.8. The summed E-state index contributed by atoms with van der Waals surface area (Å²) in [6.45, 7) is 6.59. The molecule has 2 aliphatic heterocycles. The third-order valence-corrected chi connectivity index (χ3v) is 7.69. The number of nitrogens with zero attached hydrogens (tertiary/aromatic N) is 4. The zero-order chi connectivity index (χ0) is 21.3. The van der Waals surface area contributed by atoms with Crippen molar-refractivity contribution in [3.63, 3.8) is 0 Å². The Bertz CT molecular complexity index is 1010. The van der Waals surface area contributed by atoms with Crippen LogP contribution in [0.5, 0.6) is 5.75 Å². The minimum Gasteiger partial charge on any atom is -0.492 e. The summed E-state index contributed by atoms with van der Waals surface area (Å²) in [5.74, 6) is 1.16. The summed E-state index contributed by atoms with van der Waals surface area (Å²) < 4.78 is 38.1. The standard InChI is InChI=1S/C20H26N4O5S/c1-15-20(16(2)29-21-15)30(26,27)24-9-7-23(8-10-24)19(25)14-22-11-12-28-18-6-4-3-5-17(18)13-22/h3-6H,7-14H2,1-2H3. The third kappa shape index (κ3) is 4.07. The smallest absolute Gasteiger partial charge is 0.248 e. The average Bonchev–Trinajstić information content (AvgIpc) is 2.95. The van der Waals surface area contributed by atoms with Gasteiger partial charge < -0.3 is 14.2 Å². The van der Waals surface area contributed by atoms with Gasteiger partial charge in [0.05, 0.1) is 6.54 Å². The maximum absolute atomic E-state index is 12.9. The van der Waals surface area contributed by atoms with Crippen LogP contribution in [0.3, 0.4) is 0 Å². The highest BCUT2D eigenvalue weighted by Gasteiger charge is 2.34. The summed E-state index contributed by atoms with van der Waals surface area (Å²) in [5.41, 5.74) is 1.42. The van der Waals surface area contributed by atoms with E-state index in [-0.39, 0.29) is 36.2 Å². The molecule has 0 aliphatic carbocycles. The van der Waals surface area contributed by atoms with Gasteiger partial charge in [0, 0.05) is 44.8 Å². The molecule has 1 amide bonds. The Labute approximate surface area is 176 Å². The lowest BCUT2D eigenvalue weighted by Crippen LogP contribution is -2.52. The van der Waals surface area contributed by atoms with Crippen molar-refractivity contribution in [3.05, 3.63) is 41.3 Å². The zero-order valence-electron chi connectivity index (χ0n) is 17.2. The molecule has 1 aromatic heterocycles. The van der Waals surface area contributed by atoms with Gasteiger partial charge in [0.25, 0.3) is 0 Å². The fourth-order valence-corrected chi connectivity index (χ4v) is 5.67. The highest BCUT2D eigenvalue weighted by atomic mass is 32.2. The number of rotatable bonds is 4. The summed E-state index contributed by atoms with van der Waals surface area (Å²) in [7, 11) is -3.68. The molecule has 3 heterocycles. The molecule has 1 aromatic carbocycles. The molecule has 0 atom stereocenters. The number of aromatic nitrogens is 1. The van der Waals surface area contributed by atoms with E-state index in [4.69, 9.17) is 9.26 Å². The van der Waals surface area contributed by atoms with Crippen LogP contribution in [0.2, 0.25) is 0 Å². The molecule has 4 rings (SSSR count). The second kappa shape index (κ2) is 8.37. The first-order valence-electron chi connectivity index (χ1n) is 10.00. The lowest BCUT2D eigenvalue weighted by molar-refractivity contribution is -0.133. The largest absolute Gasteiger partial charge is 0.492 e. The van der Waals surface area contributed by atoms with E-state index in [2.05, 4.69) is 10.1 Å². The molecule has 1 saturated heterocycles. The molecule has 2 aliphatic rings. The lowest BCUT2D eigenvalue weighted by atomic mass is 10.2. The molecule has 0 N–H and O–H groups in total. The number of hydrogen-bond donors (Lipinski definition) is 0. The van der Waals surface area contributed by atoms with Crippen LogP contribution in [0.4, 0.5) is 0 Å². The van der Waals surface area contributed by atoms with E-state index in [0.717, 1.165) is 11.3 Å². The first kappa shape index (κ1) is 20.8. The summed E-state index contributed by atoms with van der Waals surface area (Å²) in [6, 6.07) is 7.86. The molecular formula is C20H26N4O5S. The monoisotopic (exact) mass is 434 g/mol. The van der Waals surface area contributed by atoms with Crippen molar-refractivity contribution in [1.82, 2.24) is 19.3 Å². The van der Waals surface area contributed by atoms with E-state index in [0.29, 0.717) is 38.5 Å². The number of carbonyl (C=O) groups is 1. The van der Waals surface area contributed by atoms with Crippen LogP contribution >= 0.6 is 0 Å². The molecule has 0 spiro atoms. The van der Waals surface area contributed by atoms with Gasteiger partial charge in [-0.3, -0.25) is 9.69 Å². The Morgan fingerprint density at radius 3 is 2.53 bits per heavy atom. The van der Waals surface area contributed by atoms with E-state index >= 15 is 0 Å². The molecular weight excluding hydrogens is 408 g/mol. The number of carbonyl (C=O) groups excluding carboxylic acids is 1. The third-order valence-electron chi connectivity index (χ3n) is 5.55. The van der Waals surface area contributed by atoms with Crippen LogP contribution < -0.4 is 4.74 Å². The van der Waals surface area contributed by atoms with Gasteiger partial charge in [-0.1, -0.05) is 23.4 Å². The van der Waals surface area contributed by atoms with Gasteiger partial charge in [-0.05, 0) is 19.9 Å². The van der Waals surface area contributed by atoms with E-state index in [1.54, 1.807) is 18.7 Å². The number of para-hydroxylation sites is 1. The van der Waals surface area contributed by atoms with Crippen LogP contribution in [0.25, 0.3) is 0 Å². The highest BCUT2D eigenvalue weighted by molar-refractivity contribution is 7.89. The van der Waals surface area contributed by atoms with Crippen molar-refractivity contribution >= 4 is 15.9 Å². The number of aryl methyl sites for hydroxylation is 2. The highest BCUT2D eigenvalue weighted by Crippen LogP contribution is 2.25. The quantitative estimate of drug-likeness (QED) is 0.709. The average molecular weight is 435 g/mol. The van der Waals surface area contributed by atoms with E-state index in [1.165, 1.54) is 4.31 Å². The Kier molecular flexibility index (Phi) is 5.81. The van der Waals surface area contributed by atoms with Crippen molar-refractivity contribution in [2.24, 2.45) is 0 Å². The topological polar surface area (TPSA) is 96.2 Å². The van der Waals surface area contributed by atoms with Gasteiger partial charge in [-0.25, -0.2) is 8.42 Å². The van der Waals surface area contributed by atoms with E-state index < -0.39 is 10.0 Å². The van der Waals surface area contributed by atoms with Crippen LogP contribution in [-0.2, 0) is 21.4 Å². The van der Waals surface area contributed by atoms with Gasteiger partial charge in [0.2, 0.25) is 15.9 Å². The van der Waals surface area contributed by atoms with Crippen LogP contribution in [0, 0.1) is 13.8 Å². The second-order valence-electron chi connectivity index (χ2n) is 7.61. The Hall–Kier alpha value is -2.43. The minimum atomic E-state index is -3.68.